The van der Waals surface area contributed by atoms with Gasteiger partial charge in [-0.25, -0.2) is 4.98 Å². The molecule has 0 unspecified atom stereocenters. The van der Waals surface area contributed by atoms with Crippen LogP contribution < -0.4 is 0 Å². The molecule has 0 aliphatic carbocycles. The number of Topliss-reactive ketones (excluding diaryl/α,β-unsaturated/α-hetero) is 1. The van der Waals surface area contributed by atoms with Gasteiger partial charge in [0.15, 0.2) is 0 Å². The maximum atomic E-state index is 12.0. The lowest BCUT2D eigenvalue weighted by molar-refractivity contribution is -0.120. The second-order valence-corrected chi connectivity index (χ2v) is 4.51. The Labute approximate surface area is 115 Å². The fourth-order valence-electron chi connectivity index (χ4n) is 1.64. The lowest BCUT2D eigenvalue weighted by Crippen LogP contribution is -2.38. The molecular weight excluding hydrogens is 296 g/mol. The Kier molecular flexibility index (Phi) is 5.71. The normalized spacial score (nSPS) is 14.7. The summed E-state index contributed by atoms with van der Waals surface area (Å²) in [5.74, 6) is 0.186. The van der Waals surface area contributed by atoms with E-state index >= 15 is 0 Å². The number of pyridine rings is 1. The third-order valence-corrected chi connectivity index (χ3v) is 3.05. The summed E-state index contributed by atoms with van der Waals surface area (Å²) in [7, 11) is 0. The van der Waals surface area contributed by atoms with Crippen LogP contribution in [0.2, 0.25) is 0 Å². The minimum Gasteiger partial charge on any atom is -0.338 e. The molecule has 0 saturated carbocycles. The molecule has 4 nitrogen and oxygen atoms in total. The van der Waals surface area contributed by atoms with Gasteiger partial charge in [0.05, 0.1) is 5.56 Å². The molecule has 0 bridgehead atoms. The third kappa shape index (κ3) is 3.77. The molecule has 5 heteroatoms. The van der Waals surface area contributed by atoms with E-state index < -0.39 is 0 Å². The molecule has 2 heterocycles. The van der Waals surface area contributed by atoms with Crippen molar-refractivity contribution in [2.45, 2.75) is 12.8 Å². The number of nitrogens with zero attached hydrogens (tertiary/aromatic N) is 2. The van der Waals surface area contributed by atoms with Gasteiger partial charge < -0.3 is 4.90 Å². The van der Waals surface area contributed by atoms with Crippen molar-refractivity contribution in [3.8, 4) is 0 Å². The zero-order chi connectivity index (χ0) is 13.5. The van der Waals surface area contributed by atoms with Gasteiger partial charge in [0.25, 0.3) is 5.91 Å². The Balaban J connectivity index is 0.000000771. The topological polar surface area (TPSA) is 50.3 Å². The van der Waals surface area contributed by atoms with Crippen LogP contribution in [0, 0.1) is 0 Å². The molecule has 0 aromatic carbocycles. The summed E-state index contributed by atoms with van der Waals surface area (Å²) >= 11 is 3.22. The van der Waals surface area contributed by atoms with Crippen LogP contribution >= 0.6 is 15.9 Å². The monoisotopic (exact) mass is 310 g/mol. The molecule has 0 N–H and O–H groups in total. The summed E-state index contributed by atoms with van der Waals surface area (Å²) < 4.78 is 0.706. The molecule has 18 heavy (non-hydrogen) atoms. The average molecular weight is 311 g/mol. The number of carbonyl (C=O) groups excluding carboxylic acids is 2. The molecule has 1 saturated heterocycles. The van der Waals surface area contributed by atoms with E-state index in [2.05, 4.69) is 34.1 Å². The van der Waals surface area contributed by atoms with Gasteiger partial charge in [-0.3, -0.25) is 9.59 Å². The van der Waals surface area contributed by atoms with E-state index in [0.29, 0.717) is 36.1 Å². The number of halogens is 1. The summed E-state index contributed by atoms with van der Waals surface area (Å²) in [6.07, 6.45) is 2.48. The smallest absolute Gasteiger partial charge is 0.255 e. The van der Waals surface area contributed by atoms with E-state index in [1.54, 1.807) is 23.2 Å². The number of rotatable bonds is 1. The van der Waals surface area contributed by atoms with Gasteiger partial charge in [0.1, 0.15) is 10.4 Å². The number of aromatic nitrogens is 1. The molecular formula is C13H15BrN2O2. The van der Waals surface area contributed by atoms with E-state index in [4.69, 9.17) is 0 Å². The molecule has 1 aromatic heterocycles. The first-order valence-corrected chi connectivity index (χ1v) is 6.38. The minimum atomic E-state index is -0.0486. The predicted molar refractivity (Wildman–Crippen MR) is 73.3 cm³/mol. The van der Waals surface area contributed by atoms with Crippen molar-refractivity contribution < 1.29 is 9.59 Å². The molecule has 1 aliphatic rings. The Morgan fingerprint density at radius 2 is 1.89 bits per heavy atom. The lowest BCUT2D eigenvalue weighted by atomic mass is 10.1. The average Bonchev–Trinajstić information content (AvgIpc) is 2.42. The van der Waals surface area contributed by atoms with Crippen LogP contribution in [0.4, 0.5) is 0 Å². The Hall–Kier alpha value is -1.49. The summed E-state index contributed by atoms with van der Waals surface area (Å²) in [5, 5.41) is 0. The number of piperidine rings is 1. The molecule has 1 aromatic rings. The van der Waals surface area contributed by atoms with Gasteiger partial charge >= 0.3 is 0 Å². The Morgan fingerprint density at radius 1 is 1.28 bits per heavy atom. The first-order chi connectivity index (χ1) is 8.66. The number of likely N-dealkylation sites (tertiary alicyclic amines) is 1. The fraction of sp³-hybridized carbons (Fsp3) is 0.308. The molecule has 1 aliphatic heterocycles. The van der Waals surface area contributed by atoms with Gasteiger partial charge in [-0.05, 0) is 28.1 Å². The van der Waals surface area contributed by atoms with Gasteiger partial charge in [0, 0.05) is 32.1 Å². The Bertz CT molecular complexity index is 421. The van der Waals surface area contributed by atoms with Crippen molar-refractivity contribution in [1.82, 2.24) is 9.88 Å². The van der Waals surface area contributed by atoms with Gasteiger partial charge in [-0.15, -0.1) is 13.2 Å². The van der Waals surface area contributed by atoms with Gasteiger partial charge in [-0.2, -0.15) is 0 Å². The SMILES string of the molecule is C=C.O=C1CCN(C(=O)c2ccc(Br)nc2)CC1. The van der Waals surface area contributed by atoms with Crippen molar-refractivity contribution >= 4 is 27.6 Å². The zero-order valence-corrected chi connectivity index (χ0v) is 11.6. The fourth-order valence-corrected chi connectivity index (χ4v) is 1.88. The van der Waals surface area contributed by atoms with E-state index in [-0.39, 0.29) is 11.7 Å². The maximum absolute atomic E-state index is 12.0. The highest BCUT2D eigenvalue weighted by Crippen LogP contribution is 2.12. The van der Waals surface area contributed by atoms with E-state index in [1.807, 2.05) is 0 Å². The first-order valence-electron chi connectivity index (χ1n) is 5.59. The van der Waals surface area contributed by atoms with Crippen molar-refractivity contribution in [1.29, 1.82) is 0 Å². The van der Waals surface area contributed by atoms with Crippen LogP contribution in [0.25, 0.3) is 0 Å². The summed E-state index contributed by atoms with van der Waals surface area (Å²) in [5.41, 5.74) is 0.567. The molecule has 0 radical (unpaired) electrons. The summed E-state index contributed by atoms with van der Waals surface area (Å²) in [6.45, 7) is 7.04. The highest BCUT2D eigenvalue weighted by atomic mass is 79.9. The van der Waals surface area contributed by atoms with E-state index in [0.717, 1.165) is 0 Å². The maximum Gasteiger partial charge on any atom is 0.255 e. The van der Waals surface area contributed by atoms with E-state index in [1.165, 1.54) is 0 Å². The second-order valence-electron chi connectivity index (χ2n) is 3.70. The van der Waals surface area contributed by atoms with Crippen LogP contribution in [0.15, 0.2) is 36.1 Å². The van der Waals surface area contributed by atoms with E-state index in [9.17, 15) is 9.59 Å². The van der Waals surface area contributed by atoms with Crippen LogP contribution in [-0.2, 0) is 4.79 Å². The highest BCUT2D eigenvalue weighted by Gasteiger charge is 2.21. The minimum absolute atomic E-state index is 0.0486. The van der Waals surface area contributed by atoms with Crippen LogP contribution in [-0.4, -0.2) is 34.7 Å². The molecule has 2 rings (SSSR count). The number of hydrogen-bond acceptors (Lipinski definition) is 3. The van der Waals surface area contributed by atoms with Crippen molar-refractivity contribution in [2.24, 2.45) is 0 Å². The summed E-state index contributed by atoms with van der Waals surface area (Å²) in [4.78, 5) is 28.7. The number of amides is 1. The number of ketones is 1. The lowest BCUT2D eigenvalue weighted by Gasteiger charge is -2.25. The van der Waals surface area contributed by atoms with Crippen molar-refractivity contribution in [3.05, 3.63) is 41.7 Å². The highest BCUT2D eigenvalue weighted by molar-refractivity contribution is 9.10. The summed E-state index contributed by atoms with van der Waals surface area (Å²) in [6, 6.07) is 3.47. The predicted octanol–water partition coefficient (Wildman–Crippen LogP) is 2.45. The quantitative estimate of drug-likeness (QED) is 0.591. The molecule has 0 atom stereocenters. The molecule has 96 valence electrons. The standard InChI is InChI=1S/C11H11BrN2O2.C2H4/c12-10-2-1-8(7-13-10)11(16)14-5-3-9(15)4-6-14;1-2/h1-2,7H,3-6H2;1-2H2. The Morgan fingerprint density at radius 3 is 2.39 bits per heavy atom. The number of hydrogen-bond donors (Lipinski definition) is 0. The zero-order valence-electron chi connectivity index (χ0n) is 10.1. The van der Waals surface area contributed by atoms with Gasteiger partial charge in [-0.1, -0.05) is 0 Å². The molecule has 1 amide bonds. The van der Waals surface area contributed by atoms with Crippen molar-refractivity contribution in [2.75, 3.05) is 13.1 Å². The van der Waals surface area contributed by atoms with Crippen LogP contribution in [0.5, 0.6) is 0 Å². The van der Waals surface area contributed by atoms with Gasteiger partial charge in [0.2, 0.25) is 0 Å². The second kappa shape index (κ2) is 7.06. The number of carbonyl (C=O) groups is 2. The largest absolute Gasteiger partial charge is 0.338 e. The van der Waals surface area contributed by atoms with Crippen LogP contribution in [0.3, 0.4) is 0 Å². The first kappa shape index (κ1) is 14.6. The molecule has 0 spiro atoms. The van der Waals surface area contributed by atoms with Crippen LogP contribution in [0.1, 0.15) is 23.2 Å². The van der Waals surface area contributed by atoms with Crippen molar-refractivity contribution in [3.63, 3.8) is 0 Å². The molecule has 1 fully saturated rings. The third-order valence-electron chi connectivity index (χ3n) is 2.58.